The smallest absolute Gasteiger partial charge is 0.168 e. The molecule has 0 spiro atoms. The molecule has 0 fully saturated rings. The molecule has 0 N–H and O–H groups in total. The molecule has 1 aromatic rings. The van der Waals surface area contributed by atoms with Crippen molar-refractivity contribution in [1.82, 2.24) is 4.98 Å². The van der Waals surface area contributed by atoms with Crippen LogP contribution >= 0.6 is 0 Å². The lowest BCUT2D eigenvalue weighted by Gasteiger charge is -2.02. The van der Waals surface area contributed by atoms with Crippen molar-refractivity contribution in [2.24, 2.45) is 0 Å². The summed E-state index contributed by atoms with van der Waals surface area (Å²) in [7, 11) is 3.59. The van der Waals surface area contributed by atoms with Gasteiger partial charge in [-0.05, 0) is 19.1 Å². The van der Waals surface area contributed by atoms with E-state index in [2.05, 4.69) is 4.98 Å². The van der Waals surface area contributed by atoms with Crippen LogP contribution in [0.1, 0.15) is 5.69 Å². The highest BCUT2D eigenvalue weighted by molar-refractivity contribution is 6.32. The molecule has 0 unspecified atom stereocenters. The Labute approximate surface area is 61.6 Å². The van der Waals surface area contributed by atoms with E-state index in [0.29, 0.717) is 0 Å². The molecule has 2 nitrogen and oxygen atoms in total. The van der Waals surface area contributed by atoms with Crippen LogP contribution in [-0.2, 0) is 0 Å². The van der Waals surface area contributed by atoms with Gasteiger partial charge in [-0.15, -0.1) is 0 Å². The summed E-state index contributed by atoms with van der Waals surface area (Å²) in [5, 5.41) is 0. The predicted octanol–water partition coefficient (Wildman–Crippen LogP) is -0.343. The third-order valence-electron chi connectivity index (χ3n) is 1.40. The topological polar surface area (TPSA) is 22.1 Å². The van der Waals surface area contributed by atoms with Gasteiger partial charge in [0.2, 0.25) is 0 Å². The Balaban J connectivity index is 3.07. The zero-order valence-corrected chi connectivity index (χ0v) is 6.51. The minimum absolute atomic E-state index is 0.852. The third-order valence-corrected chi connectivity index (χ3v) is 1.40. The van der Waals surface area contributed by atoms with Crippen LogP contribution in [0, 0.1) is 6.92 Å². The number of nitrogens with zero attached hydrogens (tertiary/aromatic N) is 1. The van der Waals surface area contributed by atoms with Gasteiger partial charge in [-0.1, -0.05) is 0 Å². The Kier molecular flexibility index (Phi) is 1.95. The first-order valence-electron chi connectivity index (χ1n) is 3.22. The summed E-state index contributed by atoms with van der Waals surface area (Å²) in [6.07, 6.45) is 0. The maximum atomic E-state index is 5.04. The van der Waals surface area contributed by atoms with Crippen LogP contribution < -0.4 is 10.3 Å². The lowest BCUT2D eigenvalue weighted by atomic mass is 10.0. The lowest BCUT2D eigenvalue weighted by molar-refractivity contribution is 0.416. The third kappa shape index (κ3) is 1.29. The number of methoxy groups -OCH3 is 1. The molecule has 0 aliphatic heterocycles. The maximum Gasteiger partial charge on any atom is 0.168 e. The summed E-state index contributed by atoms with van der Waals surface area (Å²) < 4.78 is 5.04. The normalized spacial score (nSPS) is 9.40. The summed E-state index contributed by atoms with van der Waals surface area (Å²) in [4.78, 5) is 4.22. The molecule has 52 valence electrons. The fourth-order valence-corrected chi connectivity index (χ4v) is 0.890. The van der Waals surface area contributed by atoms with Crippen molar-refractivity contribution in [3.05, 3.63) is 17.8 Å². The van der Waals surface area contributed by atoms with Crippen LogP contribution in [0.3, 0.4) is 0 Å². The first-order valence-corrected chi connectivity index (χ1v) is 3.22. The van der Waals surface area contributed by atoms with Gasteiger partial charge in [0.15, 0.2) is 7.85 Å². The predicted molar refractivity (Wildman–Crippen MR) is 43.7 cm³/mol. The van der Waals surface area contributed by atoms with E-state index in [0.717, 1.165) is 17.0 Å². The summed E-state index contributed by atoms with van der Waals surface area (Å²) >= 11 is 0. The van der Waals surface area contributed by atoms with E-state index in [1.807, 2.05) is 26.9 Å². The molecule has 0 aliphatic rings. The molecule has 0 atom stereocenters. The minimum Gasteiger partial charge on any atom is -0.496 e. The highest BCUT2D eigenvalue weighted by atomic mass is 16.5. The van der Waals surface area contributed by atoms with E-state index in [1.54, 1.807) is 7.11 Å². The summed E-state index contributed by atoms with van der Waals surface area (Å²) in [6, 6.07) is 3.86. The lowest BCUT2D eigenvalue weighted by Crippen LogP contribution is -2.12. The molecule has 10 heavy (non-hydrogen) atoms. The zero-order valence-electron chi connectivity index (χ0n) is 6.51. The average molecular weight is 135 g/mol. The second kappa shape index (κ2) is 2.73. The van der Waals surface area contributed by atoms with Crippen molar-refractivity contribution in [2.45, 2.75) is 6.92 Å². The standard InChI is InChI=1S/C7H10BNO/c1-5-3-4-6(10-2)7(8)9-5/h3-4H,8H2,1-2H3. The van der Waals surface area contributed by atoms with Gasteiger partial charge in [-0.3, -0.25) is 4.98 Å². The number of hydrogen-bond acceptors (Lipinski definition) is 2. The fraction of sp³-hybridized carbons (Fsp3) is 0.286. The van der Waals surface area contributed by atoms with Gasteiger partial charge in [0.05, 0.1) is 7.11 Å². The molecule has 0 saturated carbocycles. The minimum atomic E-state index is 0.852. The largest absolute Gasteiger partial charge is 0.496 e. The Morgan fingerprint density at radius 1 is 1.50 bits per heavy atom. The molecule has 0 saturated heterocycles. The number of aryl methyl sites for hydroxylation is 1. The molecular formula is C7H10BNO. The van der Waals surface area contributed by atoms with Gasteiger partial charge in [0.1, 0.15) is 5.75 Å². The zero-order chi connectivity index (χ0) is 7.56. The van der Waals surface area contributed by atoms with Crippen LogP contribution in [0.15, 0.2) is 12.1 Å². The quantitative estimate of drug-likeness (QED) is 0.491. The summed E-state index contributed by atoms with van der Waals surface area (Å²) in [5.74, 6) is 0.852. The van der Waals surface area contributed by atoms with E-state index in [-0.39, 0.29) is 0 Å². The SMILES string of the molecule is Bc1nc(C)ccc1OC. The monoisotopic (exact) mass is 135 g/mol. The number of hydrogen-bond donors (Lipinski definition) is 0. The molecule has 0 amide bonds. The fourth-order valence-electron chi connectivity index (χ4n) is 0.890. The van der Waals surface area contributed by atoms with Crippen molar-refractivity contribution in [3.63, 3.8) is 0 Å². The molecule has 1 heterocycles. The van der Waals surface area contributed by atoms with Gasteiger partial charge < -0.3 is 4.74 Å². The van der Waals surface area contributed by atoms with Crippen molar-refractivity contribution >= 4 is 13.4 Å². The molecule has 1 rings (SSSR count). The van der Waals surface area contributed by atoms with Crippen LogP contribution in [-0.4, -0.2) is 19.9 Å². The van der Waals surface area contributed by atoms with E-state index in [9.17, 15) is 0 Å². The van der Waals surface area contributed by atoms with E-state index < -0.39 is 0 Å². The van der Waals surface area contributed by atoms with Gasteiger partial charge in [-0.2, -0.15) is 0 Å². The number of aromatic nitrogens is 1. The molecule has 0 radical (unpaired) electrons. The first kappa shape index (κ1) is 7.13. The van der Waals surface area contributed by atoms with E-state index in [4.69, 9.17) is 4.74 Å². The Morgan fingerprint density at radius 2 is 2.20 bits per heavy atom. The molecule has 3 heteroatoms. The number of rotatable bonds is 1. The second-order valence-electron chi connectivity index (χ2n) is 2.24. The van der Waals surface area contributed by atoms with Crippen LogP contribution in [0.25, 0.3) is 0 Å². The van der Waals surface area contributed by atoms with Crippen molar-refractivity contribution < 1.29 is 4.74 Å². The van der Waals surface area contributed by atoms with Crippen LogP contribution in [0.4, 0.5) is 0 Å². The summed E-state index contributed by atoms with van der Waals surface area (Å²) in [5.41, 5.74) is 1.97. The van der Waals surface area contributed by atoms with Gasteiger partial charge in [0, 0.05) is 11.3 Å². The van der Waals surface area contributed by atoms with Crippen LogP contribution in [0.2, 0.25) is 0 Å². The van der Waals surface area contributed by atoms with Crippen molar-refractivity contribution in [3.8, 4) is 5.75 Å². The highest BCUT2D eigenvalue weighted by Crippen LogP contribution is 2.02. The maximum absolute atomic E-state index is 5.04. The first-order chi connectivity index (χ1) is 4.74. The molecule has 0 aromatic carbocycles. The molecule has 0 aliphatic carbocycles. The van der Waals surface area contributed by atoms with Crippen LogP contribution in [0.5, 0.6) is 5.75 Å². The number of ether oxygens (including phenoxy) is 1. The summed E-state index contributed by atoms with van der Waals surface area (Å²) in [6.45, 7) is 1.96. The highest BCUT2D eigenvalue weighted by Gasteiger charge is 1.96. The van der Waals surface area contributed by atoms with Gasteiger partial charge >= 0.3 is 0 Å². The van der Waals surface area contributed by atoms with E-state index in [1.165, 1.54) is 0 Å². The molecule has 1 aromatic heterocycles. The van der Waals surface area contributed by atoms with Crippen molar-refractivity contribution in [2.75, 3.05) is 7.11 Å². The second-order valence-corrected chi connectivity index (χ2v) is 2.24. The Bertz CT molecular complexity index is 237. The van der Waals surface area contributed by atoms with Gasteiger partial charge in [-0.25, -0.2) is 0 Å². The molecule has 0 bridgehead atoms. The van der Waals surface area contributed by atoms with Crippen molar-refractivity contribution in [1.29, 1.82) is 0 Å². The molecular weight excluding hydrogens is 125 g/mol. The Morgan fingerprint density at radius 3 is 2.70 bits per heavy atom. The van der Waals surface area contributed by atoms with Gasteiger partial charge in [0.25, 0.3) is 0 Å². The van der Waals surface area contributed by atoms with E-state index >= 15 is 0 Å². The number of pyridine rings is 1. The Hall–Kier alpha value is -0.985. The average Bonchev–Trinajstić information content (AvgIpc) is 1.88.